The Balaban J connectivity index is 2.22. The summed E-state index contributed by atoms with van der Waals surface area (Å²) in [4.78, 5) is 5.00. The van der Waals surface area contributed by atoms with Crippen molar-refractivity contribution in [1.82, 2.24) is 0 Å². The van der Waals surface area contributed by atoms with Gasteiger partial charge in [0.2, 0.25) is 0 Å². The number of hydrogen-bond acceptors (Lipinski definition) is 4. The van der Waals surface area contributed by atoms with Crippen LogP contribution in [0.5, 0.6) is 11.5 Å². The minimum atomic E-state index is 0.500. The predicted octanol–water partition coefficient (Wildman–Crippen LogP) is 4.13. The van der Waals surface area contributed by atoms with Crippen molar-refractivity contribution >= 4 is 5.71 Å². The van der Waals surface area contributed by atoms with E-state index in [-0.39, 0.29) is 0 Å². The van der Waals surface area contributed by atoms with Crippen LogP contribution in [0, 0.1) is 5.92 Å². The lowest BCUT2D eigenvalue weighted by Gasteiger charge is -2.10. The van der Waals surface area contributed by atoms with Crippen LogP contribution in [0.3, 0.4) is 0 Å². The van der Waals surface area contributed by atoms with Gasteiger partial charge in [-0.3, -0.25) is 0 Å². The Kier molecular flexibility index (Phi) is 6.03. The van der Waals surface area contributed by atoms with Gasteiger partial charge in [0, 0.05) is 11.1 Å². The van der Waals surface area contributed by atoms with E-state index >= 15 is 0 Å². The molecule has 0 heterocycles. The second-order valence-corrected chi connectivity index (χ2v) is 5.58. The molecule has 0 atom stereocenters. The van der Waals surface area contributed by atoms with E-state index in [9.17, 15) is 0 Å². The highest BCUT2D eigenvalue weighted by Crippen LogP contribution is 2.19. The number of rotatable bonds is 7. The van der Waals surface area contributed by atoms with Crippen LogP contribution in [0.4, 0.5) is 0 Å². The fraction of sp³-hybridized carbons (Fsp3) is 0.316. The van der Waals surface area contributed by atoms with E-state index in [2.05, 4.69) is 19.0 Å². The van der Waals surface area contributed by atoms with E-state index in [1.165, 1.54) is 0 Å². The third-order valence-corrected chi connectivity index (χ3v) is 3.26. The molecule has 122 valence electrons. The molecule has 4 nitrogen and oxygen atoms in total. The molecule has 0 aliphatic rings. The molecule has 0 spiro atoms. The second-order valence-electron chi connectivity index (χ2n) is 5.58. The van der Waals surface area contributed by atoms with Gasteiger partial charge in [-0.15, -0.1) is 0 Å². The highest BCUT2D eigenvalue weighted by Gasteiger charge is 2.09. The highest BCUT2D eigenvalue weighted by molar-refractivity contribution is 6.12. The molecule has 0 aliphatic heterocycles. The summed E-state index contributed by atoms with van der Waals surface area (Å²) in [6.07, 6.45) is 0. The Morgan fingerprint density at radius 2 is 1.39 bits per heavy atom. The van der Waals surface area contributed by atoms with Gasteiger partial charge in [0.05, 0.1) is 13.7 Å². The van der Waals surface area contributed by atoms with Crippen LogP contribution in [0.1, 0.15) is 25.0 Å². The van der Waals surface area contributed by atoms with Crippen molar-refractivity contribution in [3.63, 3.8) is 0 Å². The standard InChI is InChI=1S/C19H23NO3/c1-14(2)13-23-18-11-7-16(8-12-18)19(20-22-4)15-5-9-17(21-3)10-6-15/h5-12,14H,13H2,1-4H3/b20-19-. The Morgan fingerprint density at radius 1 is 0.870 bits per heavy atom. The third-order valence-electron chi connectivity index (χ3n) is 3.26. The molecule has 0 aliphatic carbocycles. The summed E-state index contributed by atoms with van der Waals surface area (Å²) in [5.74, 6) is 2.16. The second kappa shape index (κ2) is 8.22. The van der Waals surface area contributed by atoms with Crippen molar-refractivity contribution < 1.29 is 14.3 Å². The van der Waals surface area contributed by atoms with Crippen LogP contribution < -0.4 is 9.47 Å². The maximum Gasteiger partial charge on any atom is 0.119 e. The van der Waals surface area contributed by atoms with Crippen molar-refractivity contribution in [3.05, 3.63) is 59.7 Å². The zero-order valence-electron chi connectivity index (χ0n) is 14.1. The van der Waals surface area contributed by atoms with Gasteiger partial charge >= 0.3 is 0 Å². The van der Waals surface area contributed by atoms with Crippen LogP contribution in [-0.2, 0) is 4.84 Å². The summed E-state index contributed by atoms with van der Waals surface area (Å²) in [5.41, 5.74) is 2.70. The van der Waals surface area contributed by atoms with E-state index in [0.29, 0.717) is 12.5 Å². The van der Waals surface area contributed by atoms with E-state index in [4.69, 9.17) is 14.3 Å². The first-order valence-corrected chi connectivity index (χ1v) is 7.63. The minimum absolute atomic E-state index is 0.500. The zero-order valence-corrected chi connectivity index (χ0v) is 14.1. The fourth-order valence-electron chi connectivity index (χ4n) is 2.08. The molecule has 23 heavy (non-hydrogen) atoms. The fourth-order valence-corrected chi connectivity index (χ4v) is 2.08. The van der Waals surface area contributed by atoms with Gasteiger partial charge in [0.15, 0.2) is 0 Å². The molecule has 2 aromatic rings. The van der Waals surface area contributed by atoms with E-state index in [1.807, 2.05) is 48.5 Å². The molecule has 2 rings (SSSR count). The van der Waals surface area contributed by atoms with Gasteiger partial charge in [-0.05, 0) is 54.4 Å². The van der Waals surface area contributed by atoms with E-state index in [1.54, 1.807) is 14.2 Å². The quantitative estimate of drug-likeness (QED) is 0.570. The van der Waals surface area contributed by atoms with Crippen LogP contribution in [0.15, 0.2) is 53.7 Å². The first kappa shape index (κ1) is 16.9. The zero-order chi connectivity index (χ0) is 16.7. The molecule has 0 saturated carbocycles. The summed E-state index contributed by atoms with van der Waals surface area (Å²) in [5, 5.41) is 4.16. The largest absolute Gasteiger partial charge is 0.497 e. The summed E-state index contributed by atoms with van der Waals surface area (Å²) in [7, 11) is 3.19. The van der Waals surface area contributed by atoms with Gasteiger partial charge in [-0.1, -0.05) is 19.0 Å². The lowest BCUT2D eigenvalue weighted by Crippen LogP contribution is -2.06. The molecular weight excluding hydrogens is 290 g/mol. The summed E-state index contributed by atoms with van der Waals surface area (Å²) in [6.45, 7) is 4.96. The van der Waals surface area contributed by atoms with E-state index < -0.39 is 0 Å². The number of benzene rings is 2. The molecule has 0 aromatic heterocycles. The van der Waals surface area contributed by atoms with E-state index in [0.717, 1.165) is 28.3 Å². The predicted molar refractivity (Wildman–Crippen MR) is 92.4 cm³/mol. The van der Waals surface area contributed by atoms with Crippen molar-refractivity contribution in [1.29, 1.82) is 0 Å². The van der Waals surface area contributed by atoms with Crippen molar-refractivity contribution in [2.45, 2.75) is 13.8 Å². The normalized spacial score (nSPS) is 11.4. The Morgan fingerprint density at radius 3 is 1.83 bits per heavy atom. The molecule has 0 amide bonds. The lowest BCUT2D eigenvalue weighted by atomic mass is 10.0. The Bertz CT molecular complexity index is 631. The molecule has 0 N–H and O–H groups in total. The molecule has 0 fully saturated rings. The molecule has 0 saturated heterocycles. The first-order valence-electron chi connectivity index (χ1n) is 7.63. The highest BCUT2D eigenvalue weighted by atomic mass is 16.6. The monoisotopic (exact) mass is 313 g/mol. The van der Waals surface area contributed by atoms with Gasteiger partial charge in [-0.25, -0.2) is 0 Å². The number of nitrogens with zero attached hydrogens (tertiary/aromatic N) is 1. The first-order chi connectivity index (χ1) is 11.1. The van der Waals surface area contributed by atoms with Crippen molar-refractivity contribution in [3.8, 4) is 11.5 Å². The maximum absolute atomic E-state index is 5.71. The van der Waals surface area contributed by atoms with Crippen LogP contribution in [0.25, 0.3) is 0 Å². The molecule has 0 bridgehead atoms. The maximum atomic E-state index is 5.71. The Labute approximate surface area is 137 Å². The molecule has 2 aromatic carbocycles. The van der Waals surface area contributed by atoms with Crippen LogP contribution >= 0.6 is 0 Å². The Hall–Kier alpha value is -2.49. The van der Waals surface area contributed by atoms with Gasteiger partial charge in [-0.2, -0.15) is 0 Å². The van der Waals surface area contributed by atoms with Gasteiger partial charge in [0.1, 0.15) is 24.3 Å². The van der Waals surface area contributed by atoms with Crippen molar-refractivity contribution in [2.75, 3.05) is 20.8 Å². The SMILES string of the molecule is CO/N=C(/c1ccc(OC)cc1)c1ccc(OCC(C)C)cc1. The van der Waals surface area contributed by atoms with Gasteiger partial charge < -0.3 is 14.3 Å². The summed E-state index contributed by atoms with van der Waals surface area (Å²) in [6, 6.07) is 15.6. The average Bonchev–Trinajstić information content (AvgIpc) is 2.58. The van der Waals surface area contributed by atoms with Crippen LogP contribution in [0.2, 0.25) is 0 Å². The molecular formula is C19H23NO3. The third kappa shape index (κ3) is 4.74. The summed E-state index contributed by atoms with van der Waals surface area (Å²) < 4.78 is 10.9. The van der Waals surface area contributed by atoms with Crippen LogP contribution in [-0.4, -0.2) is 26.5 Å². The van der Waals surface area contributed by atoms with Gasteiger partial charge in [0.25, 0.3) is 0 Å². The number of oxime groups is 1. The molecule has 0 unspecified atom stereocenters. The number of ether oxygens (including phenoxy) is 2. The topological polar surface area (TPSA) is 40.0 Å². The molecule has 4 heteroatoms. The minimum Gasteiger partial charge on any atom is -0.497 e. The van der Waals surface area contributed by atoms with Crippen molar-refractivity contribution in [2.24, 2.45) is 11.1 Å². The number of methoxy groups -OCH3 is 1. The lowest BCUT2D eigenvalue weighted by molar-refractivity contribution is 0.214. The smallest absolute Gasteiger partial charge is 0.119 e. The summed E-state index contributed by atoms with van der Waals surface area (Å²) >= 11 is 0. The average molecular weight is 313 g/mol. The number of hydrogen-bond donors (Lipinski definition) is 0. The molecule has 0 radical (unpaired) electrons.